The standard InChI is InChI=1S/C11H16FN/c1-9-3-4-10(8-12)7-11(9)5-6-13-2/h3-4,7,13H,5-6,8H2,1-2H3. The van der Waals surface area contributed by atoms with E-state index in [4.69, 9.17) is 0 Å². The molecule has 72 valence electrons. The zero-order valence-corrected chi connectivity index (χ0v) is 8.23. The van der Waals surface area contributed by atoms with Gasteiger partial charge >= 0.3 is 0 Å². The van der Waals surface area contributed by atoms with E-state index in [1.54, 1.807) is 0 Å². The Morgan fingerprint density at radius 2 is 2.15 bits per heavy atom. The highest BCUT2D eigenvalue weighted by Gasteiger charge is 1.99. The number of likely N-dealkylation sites (N-methyl/N-ethyl adjacent to an activating group) is 1. The Kier molecular flexibility index (Phi) is 3.90. The summed E-state index contributed by atoms with van der Waals surface area (Å²) in [5.74, 6) is 0. The second kappa shape index (κ2) is 4.97. The second-order valence-corrected chi connectivity index (χ2v) is 3.25. The first-order valence-corrected chi connectivity index (χ1v) is 4.57. The van der Waals surface area contributed by atoms with Gasteiger partial charge in [-0.05, 0) is 43.6 Å². The first kappa shape index (κ1) is 10.2. The summed E-state index contributed by atoms with van der Waals surface area (Å²) in [6, 6.07) is 5.78. The van der Waals surface area contributed by atoms with E-state index < -0.39 is 0 Å². The number of hydrogen-bond acceptors (Lipinski definition) is 1. The van der Waals surface area contributed by atoms with Crippen LogP contribution in [-0.2, 0) is 13.1 Å². The topological polar surface area (TPSA) is 12.0 Å². The van der Waals surface area contributed by atoms with Crippen molar-refractivity contribution in [2.45, 2.75) is 20.0 Å². The van der Waals surface area contributed by atoms with E-state index in [9.17, 15) is 4.39 Å². The van der Waals surface area contributed by atoms with Crippen LogP contribution in [0.3, 0.4) is 0 Å². The fourth-order valence-electron chi connectivity index (χ4n) is 1.34. The first-order valence-electron chi connectivity index (χ1n) is 4.57. The highest BCUT2D eigenvalue weighted by atomic mass is 19.1. The summed E-state index contributed by atoms with van der Waals surface area (Å²) in [5, 5.41) is 3.09. The van der Waals surface area contributed by atoms with Crippen molar-refractivity contribution in [3.05, 3.63) is 34.9 Å². The van der Waals surface area contributed by atoms with E-state index in [1.807, 2.05) is 25.2 Å². The maximum absolute atomic E-state index is 12.3. The number of aryl methyl sites for hydroxylation is 1. The number of rotatable bonds is 4. The van der Waals surface area contributed by atoms with E-state index in [1.165, 1.54) is 11.1 Å². The van der Waals surface area contributed by atoms with Crippen LogP contribution in [0.15, 0.2) is 18.2 Å². The molecule has 1 rings (SSSR count). The van der Waals surface area contributed by atoms with Gasteiger partial charge in [-0.2, -0.15) is 0 Å². The van der Waals surface area contributed by atoms with Crippen LogP contribution >= 0.6 is 0 Å². The molecule has 0 aliphatic heterocycles. The van der Waals surface area contributed by atoms with E-state index in [0.717, 1.165) is 18.5 Å². The minimum Gasteiger partial charge on any atom is -0.319 e. The number of alkyl halides is 1. The van der Waals surface area contributed by atoms with Gasteiger partial charge in [-0.15, -0.1) is 0 Å². The predicted octanol–water partition coefficient (Wildman–Crippen LogP) is 2.23. The van der Waals surface area contributed by atoms with Gasteiger partial charge < -0.3 is 5.32 Å². The summed E-state index contributed by atoms with van der Waals surface area (Å²) in [6.07, 6.45) is 0.968. The molecule has 1 N–H and O–H groups in total. The monoisotopic (exact) mass is 181 g/mol. The molecule has 0 saturated carbocycles. The van der Waals surface area contributed by atoms with Crippen molar-refractivity contribution in [1.82, 2.24) is 5.32 Å². The number of benzene rings is 1. The molecule has 0 aromatic heterocycles. The molecule has 1 nitrogen and oxygen atoms in total. The zero-order chi connectivity index (χ0) is 9.68. The van der Waals surface area contributed by atoms with Crippen LogP contribution in [0.25, 0.3) is 0 Å². The Labute approximate surface area is 79.0 Å². The Morgan fingerprint density at radius 3 is 2.77 bits per heavy atom. The fraction of sp³-hybridized carbons (Fsp3) is 0.455. The van der Waals surface area contributed by atoms with Crippen molar-refractivity contribution in [1.29, 1.82) is 0 Å². The third-order valence-corrected chi connectivity index (χ3v) is 2.21. The average molecular weight is 181 g/mol. The van der Waals surface area contributed by atoms with E-state index in [0.29, 0.717) is 0 Å². The summed E-state index contributed by atoms with van der Waals surface area (Å²) in [7, 11) is 1.92. The maximum atomic E-state index is 12.3. The lowest BCUT2D eigenvalue weighted by molar-refractivity contribution is 0.485. The van der Waals surface area contributed by atoms with Crippen LogP contribution in [0.5, 0.6) is 0 Å². The number of nitrogens with one attached hydrogen (secondary N) is 1. The molecule has 0 unspecified atom stereocenters. The van der Waals surface area contributed by atoms with Crippen LogP contribution in [0.2, 0.25) is 0 Å². The van der Waals surface area contributed by atoms with Crippen LogP contribution in [0, 0.1) is 6.92 Å². The lowest BCUT2D eigenvalue weighted by Gasteiger charge is -2.06. The Balaban J connectivity index is 2.78. The quantitative estimate of drug-likeness (QED) is 0.751. The van der Waals surface area contributed by atoms with Gasteiger partial charge in [0.25, 0.3) is 0 Å². The van der Waals surface area contributed by atoms with Crippen molar-refractivity contribution in [2.75, 3.05) is 13.6 Å². The van der Waals surface area contributed by atoms with Crippen molar-refractivity contribution >= 4 is 0 Å². The molecular formula is C11H16FN. The van der Waals surface area contributed by atoms with Crippen LogP contribution in [0.1, 0.15) is 16.7 Å². The predicted molar refractivity (Wildman–Crippen MR) is 53.6 cm³/mol. The first-order chi connectivity index (χ1) is 6.27. The van der Waals surface area contributed by atoms with E-state index in [-0.39, 0.29) is 6.67 Å². The largest absolute Gasteiger partial charge is 0.319 e. The lowest BCUT2D eigenvalue weighted by Crippen LogP contribution is -2.11. The molecule has 0 heterocycles. The van der Waals surface area contributed by atoms with E-state index in [2.05, 4.69) is 12.2 Å². The highest BCUT2D eigenvalue weighted by molar-refractivity contribution is 5.31. The van der Waals surface area contributed by atoms with Crippen molar-refractivity contribution in [2.24, 2.45) is 0 Å². The molecule has 0 radical (unpaired) electrons. The second-order valence-electron chi connectivity index (χ2n) is 3.25. The minimum absolute atomic E-state index is 0.368. The van der Waals surface area contributed by atoms with Gasteiger partial charge in [-0.1, -0.05) is 18.2 Å². The normalized spacial score (nSPS) is 10.4. The molecule has 0 fully saturated rings. The lowest BCUT2D eigenvalue weighted by atomic mass is 10.0. The molecule has 13 heavy (non-hydrogen) atoms. The molecule has 0 aliphatic carbocycles. The highest BCUT2D eigenvalue weighted by Crippen LogP contribution is 2.12. The third-order valence-electron chi connectivity index (χ3n) is 2.21. The molecule has 1 aromatic carbocycles. The third kappa shape index (κ3) is 2.81. The summed E-state index contributed by atoms with van der Waals surface area (Å²) in [4.78, 5) is 0. The Bertz CT molecular complexity index is 271. The molecule has 1 aromatic rings. The Morgan fingerprint density at radius 1 is 1.38 bits per heavy atom. The van der Waals surface area contributed by atoms with Crippen molar-refractivity contribution in [3.63, 3.8) is 0 Å². The molecule has 0 spiro atoms. The summed E-state index contributed by atoms with van der Waals surface area (Å²) < 4.78 is 12.3. The van der Waals surface area contributed by atoms with Gasteiger partial charge in [0, 0.05) is 0 Å². The summed E-state index contributed by atoms with van der Waals surface area (Å²) in [6.45, 7) is 2.64. The minimum atomic E-state index is -0.368. The SMILES string of the molecule is CNCCc1cc(CF)ccc1C. The molecule has 0 bridgehead atoms. The summed E-state index contributed by atoms with van der Waals surface area (Å²) in [5.41, 5.74) is 3.26. The number of halogens is 1. The maximum Gasteiger partial charge on any atom is 0.115 e. The average Bonchev–Trinajstić information content (AvgIpc) is 2.17. The van der Waals surface area contributed by atoms with Gasteiger partial charge in [0.2, 0.25) is 0 Å². The molecule has 0 atom stereocenters. The van der Waals surface area contributed by atoms with Gasteiger partial charge in [0.1, 0.15) is 6.67 Å². The van der Waals surface area contributed by atoms with Crippen LogP contribution in [-0.4, -0.2) is 13.6 Å². The van der Waals surface area contributed by atoms with Gasteiger partial charge in [0.05, 0.1) is 0 Å². The van der Waals surface area contributed by atoms with Crippen molar-refractivity contribution in [3.8, 4) is 0 Å². The fourth-order valence-corrected chi connectivity index (χ4v) is 1.34. The molecule has 2 heteroatoms. The molecule has 0 amide bonds. The summed E-state index contributed by atoms with van der Waals surface area (Å²) >= 11 is 0. The molecule has 0 aliphatic rings. The molecule has 0 saturated heterocycles. The van der Waals surface area contributed by atoms with Gasteiger partial charge in [-0.3, -0.25) is 0 Å². The van der Waals surface area contributed by atoms with Crippen LogP contribution in [0.4, 0.5) is 4.39 Å². The van der Waals surface area contributed by atoms with Gasteiger partial charge in [-0.25, -0.2) is 4.39 Å². The number of hydrogen-bond donors (Lipinski definition) is 1. The molecular weight excluding hydrogens is 165 g/mol. The van der Waals surface area contributed by atoms with Crippen molar-refractivity contribution < 1.29 is 4.39 Å². The smallest absolute Gasteiger partial charge is 0.115 e. The van der Waals surface area contributed by atoms with E-state index >= 15 is 0 Å². The zero-order valence-electron chi connectivity index (χ0n) is 8.23. The Hall–Kier alpha value is -0.890. The van der Waals surface area contributed by atoms with Crippen LogP contribution < -0.4 is 5.32 Å². The van der Waals surface area contributed by atoms with Gasteiger partial charge in [0.15, 0.2) is 0 Å².